The molecule has 0 aliphatic carbocycles. The van der Waals surface area contributed by atoms with Crippen molar-refractivity contribution in [2.24, 2.45) is 0 Å². The molecule has 1 N–H and O–H groups in total. The van der Waals surface area contributed by atoms with Gasteiger partial charge < -0.3 is 19.7 Å². The zero-order valence-electron chi connectivity index (χ0n) is 17.7. The van der Waals surface area contributed by atoms with Gasteiger partial charge in [-0.1, -0.05) is 23.9 Å². The van der Waals surface area contributed by atoms with Crippen molar-refractivity contribution < 1.29 is 14.3 Å². The van der Waals surface area contributed by atoms with Crippen LogP contribution in [0.5, 0.6) is 0 Å². The summed E-state index contributed by atoms with van der Waals surface area (Å²) in [5.74, 6) is 1.23. The Balaban J connectivity index is 1.42. The Morgan fingerprint density at radius 3 is 2.84 bits per heavy atom. The molecule has 0 spiro atoms. The monoisotopic (exact) mass is 474 g/mol. The van der Waals surface area contributed by atoms with Gasteiger partial charge in [0, 0.05) is 24.6 Å². The van der Waals surface area contributed by atoms with Crippen LogP contribution in [0.2, 0.25) is 0 Å². The van der Waals surface area contributed by atoms with Gasteiger partial charge in [-0.2, -0.15) is 5.26 Å². The van der Waals surface area contributed by atoms with E-state index in [1.165, 1.54) is 23.5 Å². The second-order valence-corrected chi connectivity index (χ2v) is 9.37. The molecule has 3 heterocycles. The second kappa shape index (κ2) is 11.6. The molecule has 1 atom stereocenters. The summed E-state index contributed by atoms with van der Waals surface area (Å²) in [5.41, 5.74) is 0.716. The van der Waals surface area contributed by atoms with Crippen LogP contribution in [-0.4, -0.2) is 71.2 Å². The molecule has 0 bridgehead atoms. The Kier molecular flexibility index (Phi) is 8.28. The fourth-order valence-corrected chi connectivity index (χ4v) is 5.07. The van der Waals surface area contributed by atoms with Crippen molar-refractivity contribution in [3.8, 4) is 6.07 Å². The summed E-state index contributed by atoms with van der Waals surface area (Å²) in [5, 5.41) is 21.3. The molecular weight excluding hydrogens is 448 g/mol. The highest BCUT2D eigenvalue weighted by Gasteiger charge is 2.25. The Morgan fingerprint density at radius 2 is 2.06 bits per heavy atom. The molecule has 9 nitrogen and oxygen atoms in total. The molecule has 32 heavy (non-hydrogen) atoms. The zero-order valence-corrected chi connectivity index (χ0v) is 19.4. The van der Waals surface area contributed by atoms with E-state index in [2.05, 4.69) is 31.1 Å². The number of ether oxygens (including phenoxy) is 2. The van der Waals surface area contributed by atoms with Crippen LogP contribution < -0.4 is 10.2 Å². The van der Waals surface area contributed by atoms with E-state index in [1.54, 1.807) is 0 Å². The van der Waals surface area contributed by atoms with Crippen molar-refractivity contribution in [1.82, 2.24) is 14.8 Å². The highest BCUT2D eigenvalue weighted by molar-refractivity contribution is 8.00. The number of para-hydroxylation sites is 1. The molecule has 2 aliphatic rings. The summed E-state index contributed by atoms with van der Waals surface area (Å²) < 4.78 is 13.4. The summed E-state index contributed by atoms with van der Waals surface area (Å²) in [6.07, 6.45) is 2.22. The lowest BCUT2D eigenvalue weighted by molar-refractivity contribution is -0.113. The quantitative estimate of drug-likeness (QED) is 0.549. The Morgan fingerprint density at radius 1 is 1.22 bits per heavy atom. The number of thioether (sulfide) groups is 2. The fourth-order valence-electron chi connectivity index (χ4n) is 3.66. The minimum atomic E-state index is -0.125. The van der Waals surface area contributed by atoms with Crippen LogP contribution in [0.25, 0.3) is 0 Å². The Hall–Kier alpha value is -2.26. The van der Waals surface area contributed by atoms with Crippen molar-refractivity contribution in [3.05, 3.63) is 24.3 Å². The van der Waals surface area contributed by atoms with Gasteiger partial charge in [0.1, 0.15) is 0 Å². The molecule has 1 amide bonds. The number of carbonyl (C=O) groups is 1. The summed E-state index contributed by atoms with van der Waals surface area (Å²) >= 11 is 2.78. The molecule has 1 aromatic carbocycles. The lowest BCUT2D eigenvalue weighted by Gasteiger charge is -2.28. The minimum absolute atomic E-state index is 0.125. The predicted octanol–water partition coefficient (Wildman–Crippen LogP) is 2.64. The molecule has 4 rings (SSSR count). The number of aromatic nitrogens is 3. The van der Waals surface area contributed by atoms with Crippen molar-refractivity contribution in [2.75, 3.05) is 54.6 Å². The molecule has 2 aliphatic heterocycles. The first-order chi connectivity index (χ1) is 15.7. The number of anilines is 2. The van der Waals surface area contributed by atoms with Crippen LogP contribution in [0, 0.1) is 11.3 Å². The number of morpholine rings is 1. The number of nitriles is 1. The number of nitrogens with zero attached hydrogens (tertiary/aromatic N) is 5. The van der Waals surface area contributed by atoms with Crippen molar-refractivity contribution in [3.63, 3.8) is 0 Å². The van der Waals surface area contributed by atoms with E-state index in [4.69, 9.17) is 14.7 Å². The maximum atomic E-state index is 12.7. The largest absolute Gasteiger partial charge is 0.378 e. The molecule has 170 valence electrons. The number of carbonyl (C=O) groups excluding carboxylic acids is 1. The van der Waals surface area contributed by atoms with E-state index in [-0.39, 0.29) is 17.8 Å². The van der Waals surface area contributed by atoms with Gasteiger partial charge in [0.25, 0.3) is 0 Å². The molecular formula is C21H26N6O3S2. The normalized spacial score (nSPS) is 18.5. The fraction of sp³-hybridized carbons (Fsp3) is 0.524. The Bertz CT molecular complexity index is 951. The Labute approximate surface area is 195 Å². The molecule has 2 fully saturated rings. The van der Waals surface area contributed by atoms with Crippen molar-refractivity contribution >= 4 is 41.1 Å². The summed E-state index contributed by atoms with van der Waals surface area (Å²) in [7, 11) is 0. The summed E-state index contributed by atoms with van der Waals surface area (Å²) in [4.78, 5) is 15.7. The highest BCUT2D eigenvalue weighted by Crippen LogP contribution is 2.28. The van der Waals surface area contributed by atoms with Crippen LogP contribution in [0.15, 0.2) is 34.3 Å². The first-order valence-corrected chi connectivity index (χ1v) is 12.6. The smallest absolute Gasteiger partial charge is 0.234 e. The first kappa shape index (κ1) is 22.9. The van der Waals surface area contributed by atoms with Gasteiger partial charge in [-0.3, -0.25) is 9.36 Å². The molecule has 11 heteroatoms. The molecule has 1 aromatic heterocycles. The van der Waals surface area contributed by atoms with Gasteiger partial charge in [0.15, 0.2) is 5.16 Å². The average molecular weight is 475 g/mol. The van der Waals surface area contributed by atoms with E-state index in [0.717, 1.165) is 43.4 Å². The number of amides is 1. The first-order valence-electron chi connectivity index (χ1n) is 10.6. The van der Waals surface area contributed by atoms with E-state index < -0.39 is 0 Å². The van der Waals surface area contributed by atoms with Crippen LogP contribution in [0.3, 0.4) is 0 Å². The number of rotatable bonds is 9. The van der Waals surface area contributed by atoms with Crippen LogP contribution in [0.4, 0.5) is 11.6 Å². The van der Waals surface area contributed by atoms with Gasteiger partial charge in [0.2, 0.25) is 11.9 Å². The topological polar surface area (TPSA) is 105 Å². The third-order valence-corrected chi connectivity index (χ3v) is 7.09. The SMILES string of the molecule is N#CCSc1ccccc1NC(=O)CSc1nnc(N2CCOCC2)n1CC1CCCO1. The molecule has 0 radical (unpaired) electrons. The number of benzene rings is 1. The second-order valence-electron chi connectivity index (χ2n) is 7.41. The van der Waals surface area contributed by atoms with Crippen LogP contribution in [0.1, 0.15) is 12.8 Å². The summed E-state index contributed by atoms with van der Waals surface area (Å²) in [6, 6.07) is 9.62. The van der Waals surface area contributed by atoms with Crippen molar-refractivity contribution in [2.45, 2.75) is 35.5 Å². The highest BCUT2D eigenvalue weighted by atomic mass is 32.2. The van der Waals surface area contributed by atoms with Crippen LogP contribution >= 0.6 is 23.5 Å². The third-order valence-electron chi connectivity index (χ3n) is 5.19. The number of nitrogens with one attached hydrogen (secondary N) is 1. The predicted molar refractivity (Wildman–Crippen MR) is 124 cm³/mol. The number of hydrogen-bond donors (Lipinski definition) is 1. The zero-order chi connectivity index (χ0) is 22.2. The van der Waals surface area contributed by atoms with E-state index in [1.807, 2.05) is 24.3 Å². The standard InChI is InChI=1S/C21H26N6O3S2/c22-7-13-31-18-6-2-1-5-17(18)23-19(28)15-32-21-25-24-20(26-8-11-29-12-9-26)27(21)14-16-4-3-10-30-16/h1-2,5-6,16H,3-4,8-15H2,(H,23,28). The average Bonchev–Trinajstić information content (AvgIpc) is 3.48. The molecule has 0 saturated carbocycles. The third kappa shape index (κ3) is 5.95. The van der Waals surface area contributed by atoms with E-state index in [0.29, 0.717) is 36.4 Å². The van der Waals surface area contributed by atoms with Gasteiger partial charge >= 0.3 is 0 Å². The lowest BCUT2D eigenvalue weighted by Crippen LogP contribution is -2.38. The lowest BCUT2D eigenvalue weighted by atomic mass is 10.2. The van der Waals surface area contributed by atoms with E-state index in [9.17, 15) is 4.79 Å². The number of hydrogen-bond acceptors (Lipinski definition) is 9. The molecule has 2 aromatic rings. The van der Waals surface area contributed by atoms with E-state index >= 15 is 0 Å². The summed E-state index contributed by atoms with van der Waals surface area (Å²) in [6.45, 7) is 4.34. The van der Waals surface area contributed by atoms with Gasteiger partial charge in [-0.15, -0.1) is 22.0 Å². The van der Waals surface area contributed by atoms with Gasteiger partial charge in [0.05, 0.1) is 49.1 Å². The minimum Gasteiger partial charge on any atom is -0.378 e. The van der Waals surface area contributed by atoms with Crippen LogP contribution in [-0.2, 0) is 20.8 Å². The maximum absolute atomic E-state index is 12.7. The maximum Gasteiger partial charge on any atom is 0.234 e. The molecule has 1 unspecified atom stereocenters. The van der Waals surface area contributed by atoms with Crippen molar-refractivity contribution in [1.29, 1.82) is 5.26 Å². The molecule has 2 saturated heterocycles. The van der Waals surface area contributed by atoms with Gasteiger partial charge in [-0.05, 0) is 25.0 Å². The van der Waals surface area contributed by atoms with Gasteiger partial charge in [-0.25, -0.2) is 0 Å².